The van der Waals surface area contributed by atoms with Crippen LogP contribution < -0.4 is 20.3 Å². The van der Waals surface area contributed by atoms with Crippen LogP contribution in [0.4, 0.5) is 10.5 Å². The first kappa shape index (κ1) is 20.3. The molecular weight excluding hydrogens is 384 g/mol. The summed E-state index contributed by atoms with van der Waals surface area (Å²) in [5, 5.41) is 5.36. The number of hydrogen-bond acceptors (Lipinski definition) is 5. The van der Waals surface area contributed by atoms with Crippen LogP contribution >= 0.6 is 11.6 Å². The van der Waals surface area contributed by atoms with E-state index >= 15 is 0 Å². The lowest BCUT2D eigenvalue weighted by molar-refractivity contribution is -0.132. The van der Waals surface area contributed by atoms with Crippen LogP contribution in [0.15, 0.2) is 18.2 Å². The van der Waals surface area contributed by atoms with Gasteiger partial charge in [0.15, 0.2) is 0 Å². The van der Waals surface area contributed by atoms with Gasteiger partial charge in [0, 0.05) is 43.9 Å². The van der Waals surface area contributed by atoms with Gasteiger partial charge in [0.2, 0.25) is 5.91 Å². The van der Waals surface area contributed by atoms with E-state index < -0.39 is 11.6 Å². The van der Waals surface area contributed by atoms with Gasteiger partial charge in [-0.3, -0.25) is 14.9 Å². The lowest BCUT2D eigenvalue weighted by Crippen LogP contribution is -2.54. The van der Waals surface area contributed by atoms with Crippen LogP contribution in [-0.2, 0) is 9.59 Å². The first-order valence-electron chi connectivity index (χ1n) is 9.25. The number of anilines is 1. The summed E-state index contributed by atoms with van der Waals surface area (Å²) in [5.74, 6) is 0.213. The first-order valence-corrected chi connectivity index (χ1v) is 9.63. The number of imide groups is 1. The van der Waals surface area contributed by atoms with Crippen LogP contribution in [-0.4, -0.2) is 61.1 Å². The number of ether oxygens (including phenoxy) is 1. The Balaban J connectivity index is 1.58. The SMILES string of the molecule is COc1cc(N2CCN(C(=O)CCC3(C)NC(=O)NC3=O)C[C@@H]2C)ccc1Cl. The van der Waals surface area contributed by atoms with Crippen LogP contribution in [0.2, 0.25) is 5.02 Å². The normalized spacial score (nSPS) is 24.8. The average Bonchev–Trinajstić information content (AvgIpc) is 2.92. The number of rotatable bonds is 5. The van der Waals surface area contributed by atoms with Crippen molar-refractivity contribution in [3.05, 3.63) is 23.2 Å². The van der Waals surface area contributed by atoms with E-state index in [4.69, 9.17) is 16.3 Å². The molecule has 9 heteroatoms. The molecule has 0 radical (unpaired) electrons. The largest absolute Gasteiger partial charge is 0.495 e. The molecule has 1 unspecified atom stereocenters. The number of benzene rings is 1. The van der Waals surface area contributed by atoms with E-state index in [9.17, 15) is 14.4 Å². The molecule has 2 aliphatic heterocycles. The number of methoxy groups -OCH3 is 1. The van der Waals surface area contributed by atoms with Crippen molar-refractivity contribution < 1.29 is 19.1 Å². The summed E-state index contributed by atoms with van der Waals surface area (Å²) in [7, 11) is 1.58. The molecule has 0 aromatic heterocycles. The van der Waals surface area contributed by atoms with E-state index in [1.807, 2.05) is 23.1 Å². The lowest BCUT2D eigenvalue weighted by atomic mass is 9.95. The molecule has 3 rings (SSSR count). The maximum Gasteiger partial charge on any atom is 0.322 e. The van der Waals surface area contributed by atoms with Gasteiger partial charge >= 0.3 is 6.03 Å². The molecule has 0 spiro atoms. The minimum atomic E-state index is -1.03. The number of nitrogens with zero attached hydrogens (tertiary/aromatic N) is 2. The Bertz CT molecular complexity index is 802. The second-order valence-electron chi connectivity index (χ2n) is 7.44. The number of nitrogens with one attached hydrogen (secondary N) is 2. The maximum atomic E-state index is 12.6. The summed E-state index contributed by atoms with van der Waals surface area (Å²) in [6.07, 6.45) is 0.470. The molecule has 152 valence electrons. The summed E-state index contributed by atoms with van der Waals surface area (Å²) in [6, 6.07) is 5.26. The van der Waals surface area contributed by atoms with E-state index in [2.05, 4.69) is 22.5 Å². The van der Waals surface area contributed by atoms with E-state index in [1.165, 1.54) is 0 Å². The fourth-order valence-electron chi connectivity index (χ4n) is 3.67. The highest BCUT2D eigenvalue weighted by molar-refractivity contribution is 6.32. The van der Waals surface area contributed by atoms with Gasteiger partial charge in [-0.1, -0.05) is 11.6 Å². The summed E-state index contributed by atoms with van der Waals surface area (Å²) in [5.41, 5.74) is -0.0289. The number of amides is 4. The molecule has 1 aromatic rings. The Kier molecular flexibility index (Phi) is 5.69. The van der Waals surface area contributed by atoms with Crippen molar-refractivity contribution in [3.63, 3.8) is 0 Å². The number of hydrogen-bond donors (Lipinski definition) is 2. The molecule has 2 atom stereocenters. The molecule has 0 bridgehead atoms. The number of urea groups is 1. The molecule has 2 N–H and O–H groups in total. The molecule has 0 aliphatic carbocycles. The third-order valence-electron chi connectivity index (χ3n) is 5.40. The van der Waals surface area contributed by atoms with Crippen molar-refractivity contribution in [2.45, 2.75) is 38.3 Å². The number of carbonyl (C=O) groups is 3. The van der Waals surface area contributed by atoms with Gasteiger partial charge in [-0.25, -0.2) is 4.79 Å². The smallest absolute Gasteiger partial charge is 0.322 e. The average molecular weight is 409 g/mol. The van der Waals surface area contributed by atoms with Crippen molar-refractivity contribution in [3.8, 4) is 5.75 Å². The fraction of sp³-hybridized carbons (Fsp3) is 0.526. The summed E-state index contributed by atoms with van der Waals surface area (Å²) in [6.45, 7) is 5.55. The number of carbonyl (C=O) groups excluding carboxylic acids is 3. The van der Waals surface area contributed by atoms with Gasteiger partial charge in [-0.2, -0.15) is 0 Å². The van der Waals surface area contributed by atoms with Gasteiger partial charge in [0.25, 0.3) is 5.91 Å². The molecule has 2 saturated heterocycles. The van der Waals surface area contributed by atoms with Crippen LogP contribution in [0, 0.1) is 0 Å². The minimum Gasteiger partial charge on any atom is -0.495 e. The predicted octanol–water partition coefficient (Wildman–Crippen LogP) is 1.76. The molecule has 8 nitrogen and oxygen atoms in total. The fourth-order valence-corrected chi connectivity index (χ4v) is 3.86. The Morgan fingerprint density at radius 3 is 2.71 bits per heavy atom. The van der Waals surface area contributed by atoms with Gasteiger partial charge in [-0.15, -0.1) is 0 Å². The third-order valence-corrected chi connectivity index (χ3v) is 5.72. The van der Waals surface area contributed by atoms with Crippen molar-refractivity contribution >= 4 is 35.1 Å². The van der Waals surface area contributed by atoms with E-state index in [0.717, 1.165) is 5.69 Å². The van der Waals surface area contributed by atoms with Crippen molar-refractivity contribution in [1.29, 1.82) is 0 Å². The first-order chi connectivity index (χ1) is 13.2. The minimum absolute atomic E-state index is 0.0182. The molecule has 2 heterocycles. The molecule has 2 fully saturated rings. The van der Waals surface area contributed by atoms with Gasteiger partial charge in [0.05, 0.1) is 12.1 Å². The molecule has 1 aromatic carbocycles. The highest BCUT2D eigenvalue weighted by Gasteiger charge is 2.42. The van der Waals surface area contributed by atoms with Crippen LogP contribution in [0.1, 0.15) is 26.7 Å². The zero-order chi connectivity index (χ0) is 20.5. The van der Waals surface area contributed by atoms with E-state index in [0.29, 0.717) is 30.4 Å². The second-order valence-corrected chi connectivity index (χ2v) is 7.85. The van der Waals surface area contributed by atoms with E-state index in [-0.39, 0.29) is 30.7 Å². The zero-order valence-corrected chi connectivity index (χ0v) is 17.0. The number of piperazine rings is 1. The quantitative estimate of drug-likeness (QED) is 0.724. The highest BCUT2D eigenvalue weighted by atomic mass is 35.5. The summed E-state index contributed by atoms with van der Waals surface area (Å²) >= 11 is 6.10. The van der Waals surface area contributed by atoms with Crippen LogP contribution in [0.5, 0.6) is 5.75 Å². The van der Waals surface area contributed by atoms with Crippen LogP contribution in [0.25, 0.3) is 0 Å². The molecule has 4 amide bonds. The Morgan fingerprint density at radius 2 is 2.11 bits per heavy atom. The van der Waals surface area contributed by atoms with Crippen molar-refractivity contribution in [1.82, 2.24) is 15.5 Å². The third kappa shape index (κ3) is 4.01. The zero-order valence-electron chi connectivity index (χ0n) is 16.3. The van der Waals surface area contributed by atoms with E-state index in [1.54, 1.807) is 14.0 Å². The van der Waals surface area contributed by atoms with Gasteiger partial charge in [-0.05, 0) is 32.4 Å². The second kappa shape index (κ2) is 7.87. The molecular formula is C19H25ClN4O4. The summed E-state index contributed by atoms with van der Waals surface area (Å²) < 4.78 is 5.29. The van der Waals surface area contributed by atoms with Crippen LogP contribution in [0.3, 0.4) is 0 Å². The highest BCUT2D eigenvalue weighted by Crippen LogP contribution is 2.31. The Morgan fingerprint density at radius 1 is 1.36 bits per heavy atom. The Labute approximate surface area is 169 Å². The standard InChI is InChI=1S/C19H25ClN4O4/c1-12-11-23(16(25)6-7-19(2)17(26)21-18(27)22-19)8-9-24(12)13-4-5-14(20)15(10-13)28-3/h4-5,10,12H,6-9,11H2,1-3H3,(H2,21,22,26,27)/t12-,19?/m0/s1. The topological polar surface area (TPSA) is 91.0 Å². The summed E-state index contributed by atoms with van der Waals surface area (Å²) in [4.78, 5) is 39.9. The molecule has 0 saturated carbocycles. The molecule has 2 aliphatic rings. The monoisotopic (exact) mass is 408 g/mol. The predicted molar refractivity (Wildman–Crippen MR) is 106 cm³/mol. The van der Waals surface area contributed by atoms with Gasteiger partial charge in [0.1, 0.15) is 11.3 Å². The van der Waals surface area contributed by atoms with Gasteiger partial charge < -0.3 is 19.9 Å². The maximum absolute atomic E-state index is 12.6. The van der Waals surface area contributed by atoms with Crippen molar-refractivity contribution in [2.75, 3.05) is 31.6 Å². The molecule has 28 heavy (non-hydrogen) atoms. The van der Waals surface area contributed by atoms with Crippen molar-refractivity contribution in [2.24, 2.45) is 0 Å². The Hall–Kier alpha value is -2.48. The lowest BCUT2D eigenvalue weighted by Gasteiger charge is -2.41. The number of halogens is 1.